The van der Waals surface area contributed by atoms with Crippen LogP contribution in [0.5, 0.6) is 5.75 Å². The molecule has 0 saturated carbocycles. The molecule has 24 heavy (non-hydrogen) atoms. The third-order valence-corrected chi connectivity index (χ3v) is 4.68. The van der Waals surface area contributed by atoms with Crippen LogP contribution >= 0.6 is 11.6 Å². The summed E-state index contributed by atoms with van der Waals surface area (Å²) in [6.07, 6.45) is 1.90. The number of ether oxygens (including phenoxy) is 1. The van der Waals surface area contributed by atoms with Crippen molar-refractivity contribution < 1.29 is 9.53 Å². The van der Waals surface area contributed by atoms with Crippen molar-refractivity contribution in [3.8, 4) is 5.75 Å². The van der Waals surface area contributed by atoms with E-state index in [9.17, 15) is 4.79 Å². The lowest BCUT2D eigenvalue weighted by Crippen LogP contribution is -2.38. The number of aryl methyl sites for hydroxylation is 1. The van der Waals surface area contributed by atoms with Crippen LogP contribution in [-0.2, 0) is 6.54 Å². The van der Waals surface area contributed by atoms with Crippen molar-refractivity contribution in [1.82, 2.24) is 15.1 Å². The third-order valence-electron chi connectivity index (χ3n) is 4.45. The van der Waals surface area contributed by atoms with Gasteiger partial charge in [0.2, 0.25) is 0 Å². The predicted octanol–water partition coefficient (Wildman–Crippen LogP) is 3.48. The van der Waals surface area contributed by atoms with Crippen LogP contribution in [0.4, 0.5) is 0 Å². The van der Waals surface area contributed by atoms with E-state index >= 15 is 0 Å². The Morgan fingerprint density at radius 1 is 1.46 bits per heavy atom. The van der Waals surface area contributed by atoms with Crippen molar-refractivity contribution in [2.75, 3.05) is 20.2 Å². The van der Waals surface area contributed by atoms with E-state index in [2.05, 4.69) is 15.1 Å². The number of aromatic amines is 1. The number of carbonyl (C=O) groups excluding carboxylic acids is 1. The second kappa shape index (κ2) is 7.36. The largest absolute Gasteiger partial charge is 0.496 e. The molecule has 2 aromatic rings. The van der Waals surface area contributed by atoms with Crippen molar-refractivity contribution in [2.24, 2.45) is 5.92 Å². The van der Waals surface area contributed by atoms with Crippen LogP contribution in [0.15, 0.2) is 24.3 Å². The van der Waals surface area contributed by atoms with E-state index in [1.54, 1.807) is 25.3 Å². The first-order valence-electron chi connectivity index (χ1n) is 8.18. The summed E-state index contributed by atoms with van der Waals surface area (Å²) in [6, 6.07) is 7.25. The van der Waals surface area contributed by atoms with Gasteiger partial charge in [0.1, 0.15) is 5.75 Å². The lowest BCUT2D eigenvalue weighted by atomic mass is 9.89. The van der Waals surface area contributed by atoms with Crippen molar-refractivity contribution in [1.29, 1.82) is 0 Å². The van der Waals surface area contributed by atoms with E-state index in [1.807, 2.05) is 13.0 Å². The molecular weight excluding hydrogens is 326 g/mol. The minimum atomic E-state index is -0.0360. The molecule has 128 valence electrons. The van der Waals surface area contributed by atoms with Gasteiger partial charge in [0.05, 0.1) is 18.4 Å². The molecule has 6 heteroatoms. The number of methoxy groups -OCH3 is 1. The topological polar surface area (TPSA) is 58.2 Å². The average Bonchev–Trinajstić information content (AvgIpc) is 2.99. The van der Waals surface area contributed by atoms with Crippen molar-refractivity contribution in [2.45, 2.75) is 26.3 Å². The van der Waals surface area contributed by atoms with Gasteiger partial charge in [0.15, 0.2) is 5.78 Å². The van der Waals surface area contributed by atoms with Gasteiger partial charge in [-0.15, -0.1) is 0 Å². The SMILES string of the molecule is COc1ccc(Cl)cc1C(=O)[C@H]1CCCN(Cc2cc(C)[nH]n2)C1. The lowest BCUT2D eigenvalue weighted by Gasteiger charge is -2.31. The van der Waals surface area contributed by atoms with Crippen LogP contribution in [0.1, 0.15) is 34.6 Å². The van der Waals surface area contributed by atoms with E-state index in [0.29, 0.717) is 16.3 Å². The lowest BCUT2D eigenvalue weighted by molar-refractivity contribution is 0.0807. The maximum Gasteiger partial charge on any atom is 0.170 e. The summed E-state index contributed by atoms with van der Waals surface area (Å²) >= 11 is 6.07. The molecule has 0 bridgehead atoms. The zero-order chi connectivity index (χ0) is 17.1. The third kappa shape index (κ3) is 3.79. The number of hydrogen-bond acceptors (Lipinski definition) is 4. The molecule has 5 nitrogen and oxygen atoms in total. The van der Waals surface area contributed by atoms with Crippen molar-refractivity contribution in [3.63, 3.8) is 0 Å². The number of ketones is 1. The summed E-state index contributed by atoms with van der Waals surface area (Å²) in [5, 5.41) is 7.81. The highest BCUT2D eigenvalue weighted by atomic mass is 35.5. The Bertz CT molecular complexity index is 729. The fourth-order valence-electron chi connectivity index (χ4n) is 3.29. The van der Waals surface area contributed by atoms with Crippen LogP contribution in [-0.4, -0.2) is 41.1 Å². The fourth-order valence-corrected chi connectivity index (χ4v) is 3.46. The maximum atomic E-state index is 12.9. The van der Waals surface area contributed by atoms with Crippen LogP contribution in [0.2, 0.25) is 5.02 Å². The molecule has 0 unspecified atom stereocenters. The van der Waals surface area contributed by atoms with Crippen LogP contribution in [0.3, 0.4) is 0 Å². The number of nitrogens with zero attached hydrogens (tertiary/aromatic N) is 2. The molecule has 0 radical (unpaired) electrons. The van der Waals surface area contributed by atoms with Gasteiger partial charge in [-0.25, -0.2) is 0 Å². The smallest absolute Gasteiger partial charge is 0.170 e. The van der Waals surface area contributed by atoms with Gasteiger partial charge in [-0.05, 0) is 50.6 Å². The molecule has 1 saturated heterocycles. The molecule has 0 amide bonds. The second-order valence-corrected chi connectivity index (χ2v) is 6.76. The summed E-state index contributed by atoms with van der Waals surface area (Å²) in [5.41, 5.74) is 2.65. The molecule has 1 atom stereocenters. The van der Waals surface area contributed by atoms with Gasteiger partial charge in [0.25, 0.3) is 0 Å². The first kappa shape index (κ1) is 17.0. The van der Waals surface area contributed by atoms with Gasteiger partial charge < -0.3 is 4.74 Å². The van der Waals surface area contributed by atoms with E-state index in [1.165, 1.54) is 0 Å². The quantitative estimate of drug-likeness (QED) is 0.841. The molecule has 0 aliphatic carbocycles. The Hall–Kier alpha value is -1.85. The van der Waals surface area contributed by atoms with Gasteiger partial charge >= 0.3 is 0 Å². The summed E-state index contributed by atoms with van der Waals surface area (Å²) in [4.78, 5) is 15.2. The number of H-pyrrole nitrogens is 1. The first-order chi connectivity index (χ1) is 11.6. The number of benzene rings is 1. The Morgan fingerprint density at radius 3 is 3.00 bits per heavy atom. The van der Waals surface area contributed by atoms with E-state index in [0.717, 1.165) is 43.9 Å². The molecular formula is C18H22ClN3O2. The summed E-state index contributed by atoms with van der Waals surface area (Å²) in [7, 11) is 1.58. The Morgan fingerprint density at radius 2 is 2.29 bits per heavy atom. The highest BCUT2D eigenvalue weighted by molar-refractivity contribution is 6.31. The first-order valence-corrected chi connectivity index (χ1v) is 8.55. The van der Waals surface area contributed by atoms with E-state index < -0.39 is 0 Å². The summed E-state index contributed by atoms with van der Waals surface area (Å²) < 4.78 is 5.33. The van der Waals surface area contributed by atoms with Gasteiger partial charge in [-0.3, -0.25) is 14.8 Å². The number of rotatable bonds is 5. The highest BCUT2D eigenvalue weighted by Gasteiger charge is 2.28. The number of hydrogen-bond donors (Lipinski definition) is 1. The number of likely N-dealkylation sites (tertiary alicyclic amines) is 1. The number of Topliss-reactive ketones (excluding diaryl/α,β-unsaturated/α-hetero) is 1. The highest BCUT2D eigenvalue weighted by Crippen LogP contribution is 2.29. The Kier molecular flexibility index (Phi) is 5.21. The second-order valence-electron chi connectivity index (χ2n) is 6.33. The van der Waals surface area contributed by atoms with E-state index in [4.69, 9.17) is 16.3 Å². The normalized spacial score (nSPS) is 18.5. The molecule has 1 N–H and O–H groups in total. The van der Waals surface area contributed by atoms with Gasteiger partial charge in [-0.1, -0.05) is 11.6 Å². The van der Waals surface area contributed by atoms with Crippen LogP contribution in [0.25, 0.3) is 0 Å². The van der Waals surface area contributed by atoms with Gasteiger partial charge in [-0.2, -0.15) is 5.10 Å². The molecule has 1 aliphatic heterocycles. The molecule has 3 rings (SSSR count). The van der Waals surface area contributed by atoms with Crippen LogP contribution in [0, 0.1) is 12.8 Å². The molecule has 0 spiro atoms. The number of halogens is 1. The number of aromatic nitrogens is 2. The van der Waals surface area contributed by atoms with Gasteiger partial charge in [0, 0.05) is 29.7 Å². The maximum absolute atomic E-state index is 12.9. The standard InChI is InChI=1S/C18H22ClN3O2/c1-12-8-15(21-20-12)11-22-7-3-4-13(10-22)18(23)16-9-14(19)5-6-17(16)24-2/h5-6,8-9,13H,3-4,7,10-11H2,1-2H3,(H,20,21)/t13-/m0/s1. The number of piperidine rings is 1. The molecule has 1 aromatic carbocycles. The van der Waals surface area contributed by atoms with Crippen molar-refractivity contribution in [3.05, 3.63) is 46.2 Å². The Labute approximate surface area is 147 Å². The van der Waals surface area contributed by atoms with Crippen LogP contribution < -0.4 is 4.74 Å². The monoisotopic (exact) mass is 347 g/mol. The summed E-state index contributed by atoms with van der Waals surface area (Å²) in [5.74, 6) is 0.660. The number of nitrogens with one attached hydrogen (secondary N) is 1. The molecule has 1 aliphatic rings. The Balaban J connectivity index is 1.72. The minimum Gasteiger partial charge on any atom is -0.496 e. The number of carbonyl (C=O) groups is 1. The zero-order valence-electron chi connectivity index (χ0n) is 14.0. The predicted molar refractivity (Wildman–Crippen MR) is 93.7 cm³/mol. The van der Waals surface area contributed by atoms with Crippen molar-refractivity contribution >= 4 is 17.4 Å². The minimum absolute atomic E-state index is 0.0360. The molecule has 1 fully saturated rings. The van der Waals surface area contributed by atoms with E-state index in [-0.39, 0.29) is 11.7 Å². The fraction of sp³-hybridized carbons (Fsp3) is 0.444. The molecule has 2 heterocycles. The summed E-state index contributed by atoms with van der Waals surface area (Å²) in [6.45, 7) is 4.48. The zero-order valence-corrected chi connectivity index (χ0v) is 14.8. The molecule has 1 aromatic heterocycles. The average molecular weight is 348 g/mol.